The number of fused-ring (bicyclic) bond motifs is 1. The Labute approximate surface area is 199 Å². The maximum absolute atomic E-state index is 12.5. The zero-order chi connectivity index (χ0) is 24.1. The monoisotopic (exact) mass is 475 g/mol. The molecule has 34 heavy (non-hydrogen) atoms. The van der Waals surface area contributed by atoms with Crippen molar-refractivity contribution >= 4 is 40.2 Å². The molecule has 4 aromatic carbocycles. The number of hydrazone groups is 1. The molecule has 0 aliphatic carbocycles. The number of nitrogens with one attached hydrogen (secondary N) is 1. The van der Waals surface area contributed by atoms with E-state index in [9.17, 15) is 20.0 Å². The van der Waals surface area contributed by atoms with Gasteiger partial charge in [-0.15, -0.1) is 0 Å². The van der Waals surface area contributed by atoms with Crippen LogP contribution in [0, 0.1) is 10.1 Å². The number of hydrogen-bond donors (Lipinski definition) is 2. The highest BCUT2D eigenvalue weighted by Crippen LogP contribution is 2.28. The number of benzene rings is 4. The van der Waals surface area contributed by atoms with Gasteiger partial charge in [0.05, 0.1) is 16.7 Å². The van der Waals surface area contributed by atoms with Crippen LogP contribution < -0.4 is 10.2 Å². The van der Waals surface area contributed by atoms with Crippen LogP contribution >= 0.6 is 11.6 Å². The van der Waals surface area contributed by atoms with E-state index >= 15 is 0 Å². The fourth-order valence-electron chi connectivity index (χ4n) is 3.31. The fraction of sp³-hybridized carbons (Fsp3) is 0.0400. The molecule has 0 aliphatic rings. The summed E-state index contributed by atoms with van der Waals surface area (Å²) in [6.07, 6.45) is 1.44. The van der Waals surface area contributed by atoms with Crippen molar-refractivity contribution in [1.29, 1.82) is 0 Å². The van der Waals surface area contributed by atoms with Gasteiger partial charge in [-0.3, -0.25) is 14.9 Å². The first-order valence-corrected chi connectivity index (χ1v) is 10.5. The molecule has 0 aromatic heterocycles. The van der Waals surface area contributed by atoms with Gasteiger partial charge in [0.25, 0.3) is 11.6 Å². The Hall–Kier alpha value is -4.43. The zero-order valence-corrected chi connectivity index (χ0v) is 18.4. The fourth-order valence-corrected chi connectivity index (χ4v) is 3.44. The molecule has 170 valence electrons. The third kappa shape index (κ3) is 5.13. The van der Waals surface area contributed by atoms with Gasteiger partial charge in [0.1, 0.15) is 18.1 Å². The van der Waals surface area contributed by atoms with Gasteiger partial charge in [-0.1, -0.05) is 54.1 Å². The summed E-state index contributed by atoms with van der Waals surface area (Å²) in [7, 11) is 0. The van der Waals surface area contributed by atoms with Crippen LogP contribution in [0.5, 0.6) is 11.5 Å². The number of nitro benzene ring substituents is 1. The molecule has 8 nitrogen and oxygen atoms in total. The van der Waals surface area contributed by atoms with E-state index in [0.717, 1.165) is 34.5 Å². The van der Waals surface area contributed by atoms with E-state index in [4.69, 9.17) is 16.3 Å². The Morgan fingerprint density at radius 1 is 1.09 bits per heavy atom. The van der Waals surface area contributed by atoms with E-state index in [1.54, 1.807) is 12.1 Å². The maximum atomic E-state index is 12.5. The van der Waals surface area contributed by atoms with Crippen LogP contribution in [-0.4, -0.2) is 22.2 Å². The summed E-state index contributed by atoms with van der Waals surface area (Å²) in [6.45, 7) is 0.296. The summed E-state index contributed by atoms with van der Waals surface area (Å²) in [6, 6.07) is 21.8. The van der Waals surface area contributed by atoms with Crippen LogP contribution in [0.2, 0.25) is 5.02 Å². The number of carbonyl (C=O) groups excluding carboxylic acids is 1. The third-order valence-electron chi connectivity index (χ3n) is 5.03. The van der Waals surface area contributed by atoms with Crippen molar-refractivity contribution < 1.29 is 19.6 Å². The van der Waals surface area contributed by atoms with E-state index in [1.165, 1.54) is 6.21 Å². The van der Waals surface area contributed by atoms with Crippen molar-refractivity contribution in [1.82, 2.24) is 5.43 Å². The van der Waals surface area contributed by atoms with Crippen molar-refractivity contribution in [3.05, 3.63) is 111 Å². The molecule has 0 saturated heterocycles. The van der Waals surface area contributed by atoms with Crippen LogP contribution in [0.15, 0.2) is 84.0 Å². The normalized spacial score (nSPS) is 11.0. The highest BCUT2D eigenvalue weighted by Gasteiger charge is 2.16. The van der Waals surface area contributed by atoms with Crippen LogP contribution in [-0.2, 0) is 6.61 Å². The molecule has 0 saturated carbocycles. The van der Waals surface area contributed by atoms with Crippen LogP contribution in [0.1, 0.15) is 21.5 Å². The number of halogens is 1. The lowest BCUT2D eigenvalue weighted by molar-refractivity contribution is -0.384. The molecule has 0 atom stereocenters. The number of aromatic hydroxyl groups is 1. The Balaban J connectivity index is 1.59. The van der Waals surface area contributed by atoms with Gasteiger partial charge in [-0.2, -0.15) is 5.10 Å². The second-order valence-electron chi connectivity index (χ2n) is 7.27. The number of hydrogen-bond acceptors (Lipinski definition) is 6. The summed E-state index contributed by atoms with van der Waals surface area (Å²) in [5, 5.41) is 27.3. The smallest absolute Gasteiger partial charge is 0.275 e. The van der Waals surface area contributed by atoms with E-state index in [2.05, 4.69) is 10.5 Å². The standard InChI is InChI=1S/C25H18ClN3O5/c26-18-8-5-16(6-9-18)15-34-24-12-7-17-3-1-2-4-20(17)22(24)14-27-28-25(31)21-13-19(29(32)33)10-11-23(21)30/h1-14,30H,15H2,(H,28,31)/b27-14+. The lowest BCUT2D eigenvalue weighted by Gasteiger charge is -2.12. The number of rotatable bonds is 7. The number of amides is 1. The van der Waals surface area contributed by atoms with Crippen molar-refractivity contribution in [2.75, 3.05) is 0 Å². The molecule has 0 fully saturated rings. The quantitative estimate of drug-likeness (QED) is 0.209. The molecule has 4 rings (SSSR count). The molecule has 0 spiro atoms. The summed E-state index contributed by atoms with van der Waals surface area (Å²) in [5.74, 6) is -0.637. The maximum Gasteiger partial charge on any atom is 0.275 e. The minimum Gasteiger partial charge on any atom is -0.507 e. The first kappa shape index (κ1) is 22.8. The van der Waals surface area contributed by atoms with Crippen LogP contribution in [0.3, 0.4) is 0 Å². The first-order valence-electron chi connectivity index (χ1n) is 10.1. The molecule has 4 aromatic rings. The second-order valence-corrected chi connectivity index (χ2v) is 7.71. The van der Waals surface area contributed by atoms with Crippen molar-refractivity contribution in [2.24, 2.45) is 5.10 Å². The number of nitrogens with zero attached hydrogens (tertiary/aromatic N) is 2. The first-order chi connectivity index (χ1) is 16.4. The number of non-ortho nitro benzene ring substituents is 1. The number of phenolic OH excluding ortho intramolecular Hbond substituents is 1. The van der Waals surface area contributed by atoms with E-state index in [-0.39, 0.29) is 11.3 Å². The Morgan fingerprint density at radius 3 is 2.62 bits per heavy atom. The molecule has 0 unspecified atom stereocenters. The second kappa shape index (κ2) is 10.0. The topological polar surface area (TPSA) is 114 Å². The predicted octanol–water partition coefficient (Wildman–Crippen LogP) is 5.45. The molecule has 2 N–H and O–H groups in total. The number of nitro groups is 1. The van der Waals surface area contributed by atoms with Crippen LogP contribution in [0.4, 0.5) is 5.69 Å². The van der Waals surface area contributed by atoms with Crippen molar-refractivity contribution in [3.63, 3.8) is 0 Å². The van der Waals surface area contributed by atoms with Gasteiger partial charge in [0, 0.05) is 22.7 Å². The molecule has 0 heterocycles. The van der Waals surface area contributed by atoms with E-state index in [1.807, 2.05) is 48.5 Å². The SMILES string of the molecule is O=C(N/N=C/c1c(OCc2ccc(Cl)cc2)ccc2ccccc12)c1cc([N+](=O)[O-])ccc1O. The van der Waals surface area contributed by atoms with E-state index in [0.29, 0.717) is 22.9 Å². The molecular formula is C25H18ClN3O5. The Bertz CT molecular complexity index is 1400. The van der Waals surface area contributed by atoms with Gasteiger partial charge in [-0.25, -0.2) is 5.43 Å². The van der Waals surface area contributed by atoms with Gasteiger partial charge >= 0.3 is 0 Å². The Morgan fingerprint density at radius 2 is 1.85 bits per heavy atom. The summed E-state index contributed by atoms with van der Waals surface area (Å²) >= 11 is 5.94. The highest BCUT2D eigenvalue weighted by atomic mass is 35.5. The van der Waals surface area contributed by atoms with Gasteiger partial charge in [-0.05, 0) is 40.6 Å². The lowest BCUT2D eigenvalue weighted by atomic mass is 10.0. The number of phenols is 1. The number of carbonyl (C=O) groups is 1. The van der Waals surface area contributed by atoms with Crippen molar-refractivity contribution in [2.45, 2.75) is 6.61 Å². The van der Waals surface area contributed by atoms with Gasteiger partial charge in [0.15, 0.2) is 0 Å². The molecule has 0 aliphatic heterocycles. The van der Waals surface area contributed by atoms with Crippen molar-refractivity contribution in [3.8, 4) is 11.5 Å². The minimum atomic E-state index is -0.790. The third-order valence-corrected chi connectivity index (χ3v) is 5.29. The summed E-state index contributed by atoms with van der Waals surface area (Å²) in [5.41, 5.74) is 3.28. The molecule has 9 heteroatoms. The largest absolute Gasteiger partial charge is 0.507 e. The molecule has 0 radical (unpaired) electrons. The molecule has 0 bridgehead atoms. The molecular weight excluding hydrogens is 458 g/mol. The van der Waals surface area contributed by atoms with Crippen LogP contribution in [0.25, 0.3) is 10.8 Å². The minimum absolute atomic E-state index is 0.261. The summed E-state index contributed by atoms with van der Waals surface area (Å²) in [4.78, 5) is 22.8. The summed E-state index contributed by atoms with van der Waals surface area (Å²) < 4.78 is 6.01. The average Bonchev–Trinajstić information content (AvgIpc) is 2.84. The van der Waals surface area contributed by atoms with Gasteiger partial charge < -0.3 is 9.84 Å². The predicted molar refractivity (Wildman–Crippen MR) is 130 cm³/mol. The highest BCUT2D eigenvalue weighted by molar-refractivity contribution is 6.30. The number of ether oxygens (including phenoxy) is 1. The molecule has 1 amide bonds. The average molecular weight is 476 g/mol. The Kier molecular flexibility index (Phi) is 6.70. The lowest BCUT2D eigenvalue weighted by Crippen LogP contribution is -2.18. The van der Waals surface area contributed by atoms with Gasteiger partial charge in [0.2, 0.25) is 0 Å². The zero-order valence-electron chi connectivity index (χ0n) is 17.6. The van der Waals surface area contributed by atoms with E-state index < -0.39 is 16.6 Å².